The van der Waals surface area contributed by atoms with Gasteiger partial charge in [-0.05, 0) is 24.5 Å². The first-order chi connectivity index (χ1) is 8.72. The Morgan fingerprint density at radius 2 is 2.17 bits per heavy atom. The fourth-order valence-corrected chi connectivity index (χ4v) is 1.87. The van der Waals surface area contributed by atoms with Crippen molar-refractivity contribution in [3.63, 3.8) is 0 Å². The first kappa shape index (κ1) is 14.7. The van der Waals surface area contributed by atoms with Crippen LogP contribution in [0.2, 0.25) is 0 Å². The third-order valence-corrected chi connectivity index (χ3v) is 2.82. The van der Waals surface area contributed by atoms with Crippen molar-refractivity contribution in [2.75, 3.05) is 20.3 Å². The van der Waals surface area contributed by atoms with E-state index in [0.29, 0.717) is 18.6 Å². The molecule has 0 bridgehead atoms. The predicted octanol–water partition coefficient (Wildman–Crippen LogP) is 1.38. The summed E-state index contributed by atoms with van der Waals surface area (Å²) in [4.78, 5) is 12.1. The minimum absolute atomic E-state index is 0.0315. The number of benzene rings is 1. The Bertz CT molecular complexity index is 373. The lowest BCUT2D eigenvalue weighted by atomic mass is 10.0. The largest absolute Gasteiger partial charge is 0.396 e. The monoisotopic (exact) mass is 251 g/mol. The summed E-state index contributed by atoms with van der Waals surface area (Å²) in [5.74, 6) is -0.108. The second-order valence-electron chi connectivity index (χ2n) is 4.15. The number of ether oxygens (including phenoxy) is 1. The number of carbonyl (C=O) groups is 1. The number of aliphatic hydroxyl groups is 1. The van der Waals surface area contributed by atoms with E-state index in [0.717, 1.165) is 12.0 Å². The first-order valence-electron chi connectivity index (χ1n) is 6.21. The van der Waals surface area contributed by atoms with E-state index in [1.807, 2.05) is 31.2 Å². The summed E-state index contributed by atoms with van der Waals surface area (Å²) < 4.78 is 5.02. The van der Waals surface area contributed by atoms with Gasteiger partial charge < -0.3 is 15.2 Å². The summed E-state index contributed by atoms with van der Waals surface area (Å²) in [5, 5.41) is 11.8. The maximum atomic E-state index is 12.1. The summed E-state index contributed by atoms with van der Waals surface area (Å²) in [6.45, 7) is 2.46. The van der Waals surface area contributed by atoms with Gasteiger partial charge >= 0.3 is 0 Å². The zero-order chi connectivity index (χ0) is 13.4. The number of methoxy groups -OCH3 is 1. The van der Waals surface area contributed by atoms with Crippen LogP contribution < -0.4 is 5.32 Å². The molecule has 1 rings (SSSR count). The molecule has 0 radical (unpaired) electrons. The first-order valence-corrected chi connectivity index (χ1v) is 6.21. The van der Waals surface area contributed by atoms with Gasteiger partial charge in [-0.25, -0.2) is 0 Å². The molecule has 0 heterocycles. The van der Waals surface area contributed by atoms with Crippen LogP contribution in [-0.4, -0.2) is 37.4 Å². The second kappa shape index (κ2) is 7.84. The molecule has 1 unspecified atom stereocenters. The highest BCUT2D eigenvalue weighted by molar-refractivity contribution is 5.95. The normalized spacial score (nSPS) is 12.2. The van der Waals surface area contributed by atoms with Gasteiger partial charge in [-0.1, -0.05) is 25.1 Å². The van der Waals surface area contributed by atoms with Gasteiger partial charge in [0.05, 0.1) is 12.6 Å². The van der Waals surface area contributed by atoms with Crippen molar-refractivity contribution in [3.05, 3.63) is 35.4 Å². The molecule has 1 aromatic rings. The van der Waals surface area contributed by atoms with Gasteiger partial charge in [-0.2, -0.15) is 0 Å². The van der Waals surface area contributed by atoms with Gasteiger partial charge in [-0.15, -0.1) is 0 Å². The molecule has 0 saturated heterocycles. The Morgan fingerprint density at radius 3 is 2.78 bits per heavy atom. The number of carbonyl (C=O) groups excluding carboxylic acids is 1. The summed E-state index contributed by atoms with van der Waals surface area (Å²) in [5.41, 5.74) is 1.72. The highest BCUT2D eigenvalue weighted by Crippen LogP contribution is 2.09. The molecule has 0 fully saturated rings. The Hall–Kier alpha value is -1.39. The molecule has 1 amide bonds. The molecule has 0 saturated carbocycles. The van der Waals surface area contributed by atoms with Gasteiger partial charge in [0.25, 0.3) is 5.91 Å². The van der Waals surface area contributed by atoms with Gasteiger partial charge in [0.2, 0.25) is 0 Å². The summed E-state index contributed by atoms with van der Waals surface area (Å²) in [7, 11) is 1.58. The van der Waals surface area contributed by atoms with Crippen LogP contribution in [0.25, 0.3) is 0 Å². The van der Waals surface area contributed by atoms with E-state index in [-0.39, 0.29) is 18.6 Å². The molecular weight excluding hydrogens is 230 g/mol. The lowest BCUT2D eigenvalue weighted by Gasteiger charge is -2.17. The number of aliphatic hydroxyl groups excluding tert-OH is 1. The van der Waals surface area contributed by atoms with E-state index < -0.39 is 0 Å². The van der Waals surface area contributed by atoms with Crippen LogP contribution in [0.5, 0.6) is 0 Å². The van der Waals surface area contributed by atoms with Crippen LogP contribution in [0, 0.1) is 0 Å². The van der Waals surface area contributed by atoms with Crippen molar-refractivity contribution in [2.45, 2.75) is 25.8 Å². The maximum absolute atomic E-state index is 12.1. The molecule has 0 aliphatic rings. The lowest BCUT2D eigenvalue weighted by Crippen LogP contribution is -2.39. The fraction of sp³-hybridized carbons (Fsp3) is 0.500. The van der Waals surface area contributed by atoms with Crippen LogP contribution in [0.15, 0.2) is 24.3 Å². The van der Waals surface area contributed by atoms with Crippen LogP contribution >= 0.6 is 0 Å². The number of nitrogens with one attached hydrogen (secondary N) is 1. The highest BCUT2D eigenvalue weighted by atomic mass is 16.5. The van der Waals surface area contributed by atoms with Crippen molar-refractivity contribution in [1.29, 1.82) is 0 Å². The van der Waals surface area contributed by atoms with E-state index in [1.54, 1.807) is 7.11 Å². The van der Waals surface area contributed by atoms with Crippen LogP contribution in [0.3, 0.4) is 0 Å². The molecule has 2 N–H and O–H groups in total. The summed E-state index contributed by atoms with van der Waals surface area (Å²) in [6.07, 6.45) is 1.31. The van der Waals surface area contributed by atoms with Crippen molar-refractivity contribution >= 4 is 5.91 Å². The van der Waals surface area contributed by atoms with Crippen molar-refractivity contribution in [1.82, 2.24) is 5.32 Å². The zero-order valence-electron chi connectivity index (χ0n) is 11.0. The van der Waals surface area contributed by atoms with Gasteiger partial charge in [0.1, 0.15) is 0 Å². The van der Waals surface area contributed by atoms with Crippen LogP contribution in [0.4, 0.5) is 0 Å². The maximum Gasteiger partial charge on any atom is 0.251 e. The minimum atomic E-state index is -0.155. The van der Waals surface area contributed by atoms with Gasteiger partial charge in [0, 0.05) is 19.3 Å². The SMILES string of the molecule is CCc1ccccc1C(=O)NC(CCO)COC. The van der Waals surface area contributed by atoms with E-state index >= 15 is 0 Å². The van der Waals surface area contributed by atoms with E-state index in [1.165, 1.54) is 0 Å². The van der Waals surface area contributed by atoms with Crippen LogP contribution in [-0.2, 0) is 11.2 Å². The number of hydrogen-bond donors (Lipinski definition) is 2. The zero-order valence-corrected chi connectivity index (χ0v) is 11.0. The van der Waals surface area contributed by atoms with Gasteiger partial charge in [0.15, 0.2) is 0 Å². The molecule has 1 aromatic carbocycles. The van der Waals surface area contributed by atoms with E-state index in [9.17, 15) is 4.79 Å². The quantitative estimate of drug-likeness (QED) is 0.769. The molecule has 100 valence electrons. The second-order valence-corrected chi connectivity index (χ2v) is 4.15. The highest BCUT2D eigenvalue weighted by Gasteiger charge is 2.15. The number of rotatable bonds is 7. The number of aryl methyl sites for hydroxylation is 1. The Balaban J connectivity index is 2.73. The van der Waals surface area contributed by atoms with Crippen molar-refractivity contribution < 1.29 is 14.6 Å². The Morgan fingerprint density at radius 1 is 1.44 bits per heavy atom. The third-order valence-electron chi connectivity index (χ3n) is 2.82. The molecule has 4 heteroatoms. The fourth-order valence-electron chi connectivity index (χ4n) is 1.87. The van der Waals surface area contributed by atoms with E-state index in [4.69, 9.17) is 9.84 Å². The lowest BCUT2D eigenvalue weighted by molar-refractivity contribution is 0.0878. The number of hydrogen-bond acceptors (Lipinski definition) is 3. The standard InChI is InChI=1S/C14H21NO3/c1-3-11-6-4-5-7-13(11)14(17)15-12(8-9-16)10-18-2/h4-7,12,16H,3,8-10H2,1-2H3,(H,15,17). The molecule has 0 spiro atoms. The minimum Gasteiger partial charge on any atom is -0.396 e. The molecular formula is C14H21NO3. The molecule has 4 nitrogen and oxygen atoms in total. The average molecular weight is 251 g/mol. The van der Waals surface area contributed by atoms with Crippen molar-refractivity contribution in [2.24, 2.45) is 0 Å². The summed E-state index contributed by atoms with van der Waals surface area (Å²) >= 11 is 0. The topological polar surface area (TPSA) is 58.6 Å². The number of amides is 1. The summed E-state index contributed by atoms with van der Waals surface area (Å²) in [6, 6.07) is 7.39. The Labute approximate surface area is 108 Å². The van der Waals surface area contributed by atoms with Crippen LogP contribution in [0.1, 0.15) is 29.3 Å². The Kier molecular flexibility index (Phi) is 6.39. The van der Waals surface area contributed by atoms with Gasteiger partial charge in [-0.3, -0.25) is 4.79 Å². The smallest absolute Gasteiger partial charge is 0.251 e. The predicted molar refractivity (Wildman–Crippen MR) is 70.7 cm³/mol. The molecule has 0 aromatic heterocycles. The molecule has 0 aliphatic heterocycles. The average Bonchev–Trinajstić information content (AvgIpc) is 2.39. The third kappa shape index (κ3) is 4.13. The van der Waals surface area contributed by atoms with Crippen molar-refractivity contribution in [3.8, 4) is 0 Å². The van der Waals surface area contributed by atoms with E-state index in [2.05, 4.69) is 5.32 Å². The molecule has 0 aliphatic carbocycles. The molecule has 18 heavy (non-hydrogen) atoms. The molecule has 1 atom stereocenters.